The van der Waals surface area contributed by atoms with Crippen LogP contribution in [0.25, 0.3) is 0 Å². The average molecular weight is 228 g/mol. The number of aromatic nitrogens is 2. The average Bonchev–Trinajstić information content (AvgIpc) is 2.91. The topological polar surface area (TPSA) is 37.9 Å². The summed E-state index contributed by atoms with van der Waals surface area (Å²) in [5, 5.41) is 0. The molecule has 1 heterocycles. The zero-order valence-electron chi connectivity index (χ0n) is 9.94. The van der Waals surface area contributed by atoms with Crippen LogP contribution in [0.2, 0.25) is 0 Å². The van der Waals surface area contributed by atoms with Gasteiger partial charge in [0.1, 0.15) is 5.75 Å². The molecule has 1 unspecified atom stereocenters. The van der Waals surface area contributed by atoms with Gasteiger partial charge in [0.2, 0.25) is 0 Å². The monoisotopic (exact) mass is 228 g/mol. The fraction of sp³-hybridized carbons (Fsp3) is 0.357. The highest BCUT2D eigenvalue weighted by Crippen LogP contribution is 2.39. The van der Waals surface area contributed by atoms with Gasteiger partial charge in [-0.3, -0.25) is 0 Å². The Hall–Kier alpha value is -1.77. The van der Waals surface area contributed by atoms with Gasteiger partial charge < -0.3 is 9.72 Å². The second-order valence-corrected chi connectivity index (χ2v) is 4.48. The number of rotatable bonds is 2. The Morgan fingerprint density at radius 1 is 1.41 bits per heavy atom. The molecule has 0 saturated carbocycles. The summed E-state index contributed by atoms with van der Waals surface area (Å²) in [6, 6.07) is 6.34. The van der Waals surface area contributed by atoms with E-state index in [0.29, 0.717) is 5.92 Å². The van der Waals surface area contributed by atoms with Gasteiger partial charge in [-0.2, -0.15) is 0 Å². The van der Waals surface area contributed by atoms with Crippen molar-refractivity contribution in [3.63, 3.8) is 0 Å². The van der Waals surface area contributed by atoms with E-state index in [2.05, 4.69) is 22.1 Å². The van der Waals surface area contributed by atoms with Crippen molar-refractivity contribution < 1.29 is 4.74 Å². The summed E-state index contributed by atoms with van der Waals surface area (Å²) in [5.41, 5.74) is 3.96. The minimum atomic E-state index is 0.441. The smallest absolute Gasteiger partial charge is 0.122 e. The SMILES string of the molecule is COc1cccc2c1CCCC2c1cnc[nH]1. The Bertz CT molecular complexity index is 505. The predicted octanol–water partition coefficient (Wildman–Crippen LogP) is 2.89. The molecule has 1 N–H and O–H groups in total. The van der Waals surface area contributed by atoms with Crippen LogP contribution in [-0.2, 0) is 6.42 Å². The Labute approximate surface area is 101 Å². The van der Waals surface area contributed by atoms with Crippen molar-refractivity contribution in [2.24, 2.45) is 0 Å². The Morgan fingerprint density at radius 2 is 2.35 bits per heavy atom. The molecular formula is C14H16N2O. The van der Waals surface area contributed by atoms with Gasteiger partial charge in [0.15, 0.2) is 0 Å². The molecule has 0 radical (unpaired) electrons. The van der Waals surface area contributed by atoms with Crippen LogP contribution in [0.4, 0.5) is 0 Å². The second kappa shape index (κ2) is 4.24. The van der Waals surface area contributed by atoms with Crippen molar-refractivity contribution in [2.75, 3.05) is 7.11 Å². The van der Waals surface area contributed by atoms with E-state index in [-0.39, 0.29) is 0 Å². The zero-order valence-corrected chi connectivity index (χ0v) is 9.94. The number of benzene rings is 1. The molecule has 2 aromatic rings. The molecule has 0 spiro atoms. The molecule has 3 nitrogen and oxygen atoms in total. The van der Waals surface area contributed by atoms with Gasteiger partial charge in [0.05, 0.1) is 13.4 Å². The molecule has 3 heteroatoms. The van der Waals surface area contributed by atoms with Crippen LogP contribution in [0.3, 0.4) is 0 Å². The first-order chi connectivity index (χ1) is 8.40. The summed E-state index contributed by atoms with van der Waals surface area (Å²) in [5.74, 6) is 1.46. The summed E-state index contributed by atoms with van der Waals surface area (Å²) >= 11 is 0. The number of nitrogens with zero attached hydrogens (tertiary/aromatic N) is 1. The number of ether oxygens (including phenoxy) is 1. The van der Waals surface area contributed by atoms with Crippen molar-refractivity contribution >= 4 is 0 Å². The van der Waals surface area contributed by atoms with Gasteiger partial charge in [-0.25, -0.2) is 4.98 Å². The number of imidazole rings is 1. The quantitative estimate of drug-likeness (QED) is 0.858. The van der Waals surface area contributed by atoms with Gasteiger partial charge in [-0.1, -0.05) is 12.1 Å². The molecular weight excluding hydrogens is 212 g/mol. The molecule has 0 fully saturated rings. The van der Waals surface area contributed by atoms with Crippen molar-refractivity contribution in [3.05, 3.63) is 47.5 Å². The van der Waals surface area contributed by atoms with Crippen molar-refractivity contribution in [1.29, 1.82) is 0 Å². The highest BCUT2D eigenvalue weighted by Gasteiger charge is 2.24. The van der Waals surface area contributed by atoms with Crippen molar-refractivity contribution in [3.8, 4) is 5.75 Å². The van der Waals surface area contributed by atoms with E-state index in [9.17, 15) is 0 Å². The standard InChI is InChI=1S/C14H16N2O/c1-17-14-7-3-4-10-11(5-2-6-12(10)14)13-8-15-9-16-13/h3-4,7-9,11H,2,5-6H2,1H3,(H,15,16). The lowest BCUT2D eigenvalue weighted by Gasteiger charge is -2.26. The minimum Gasteiger partial charge on any atom is -0.496 e. The molecule has 17 heavy (non-hydrogen) atoms. The lowest BCUT2D eigenvalue weighted by Crippen LogP contribution is -2.12. The summed E-state index contributed by atoms with van der Waals surface area (Å²) in [6.45, 7) is 0. The fourth-order valence-electron chi connectivity index (χ4n) is 2.79. The molecule has 0 aliphatic heterocycles. The zero-order chi connectivity index (χ0) is 11.7. The third-order valence-corrected chi connectivity index (χ3v) is 3.58. The highest BCUT2D eigenvalue weighted by molar-refractivity contribution is 5.46. The van der Waals surface area contributed by atoms with Gasteiger partial charge in [0.25, 0.3) is 0 Å². The Balaban J connectivity index is 2.08. The van der Waals surface area contributed by atoms with E-state index in [1.165, 1.54) is 29.7 Å². The molecule has 0 amide bonds. The largest absolute Gasteiger partial charge is 0.496 e. The molecule has 1 aliphatic rings. The predicted molar refractivity (Wildman–Crippen MR) is 66.4 cm³/mol. The number of hydrogen-bond acceptors (Lipinski definition) is 2. The molecule has 1 aromatic carbocycles. The Morgan fingerprint density at radius 3 is 3.12 bits per heavy atom. The first-order valence-electron chi connectivity index (χ1n) is 6.04. The Kier molecular flexibility index (Phi) is 2.59. The van der Waals surface area contributed by atoms with Gasteiger partial charge in [-0.15, -0.1) is 0 Å². The van der Waals surface area contributed by atoms with E-state index < -0.39 is 0 Å². The third-order valence-electron chi connectivity index (χ3n) is 3.58. The van der Waals surface area contributed by atoms with Crippen LogP contribution >= 0.6 is 0 Å². The van der Waals surface area contributed by atoms with Crippen LogP contribution in [-0.4, -0.2) is 17.1 Å². The number of hydrogen-bond donors (Lipinski definition) is 1. The van der Waals surface area contributed by atoms with Crippen LogP contribution in [0.1, 0.15) is 35.6 Å². The summed E-state index contributed by atoms with van der Waals surface area (Å²) in [6.07, 6.45) is 7.19. The number of H-pyrrole nitrogens is 1. The van der Waals surface area contributed by atoms with E-state index in [1.807, 2.05) is 12.3 Å². The minimum absolute atomic E-state index is 0.441. The maximum atomic E-state index is 5.45. The van der Waals surface area contributed by atoms with Crippen LogP contribution < -0.4 is 4.74 Å². The fourth-order valence-corrected chi connectivity index (χ4v) is 2.79. The molecule has 1 atom stereocenters. The van der Waals surface area contributed by atoms with Gasteiger partial charge >= 0.3 is 0 Å². The lowest BCUT2D eigenvalue weighted by molar-refractivity contribution is 0.404. The number of aromatic amines is 1. The first-order valence-corrected chi connectivity index (χ1v) is 6.04. The number of nitrogens with one attached hydrogen (secondary N) is 1. The van der Waals surface area contributed by atoms with E-state index in [0.717, 1.165) is 12.2 Å². The molecule has 0 bridgehead atoms. The molecule has 1 aromatic heterocycles. The molecule has 3 rings (SSSR count). The van der Waals surface area contributed by atoms with Gasteiger partial charge in [-0.05, 0) is 36.5 Å². The second-order valence-electron chi connectivity index (χ2n) is 4.48. The van der Waals surface area contributed by atoms with Crippen molar-refractivity contribution in [1.82, 2.24) is 9.97 Å². The first kappa shape index (κ1) is 10.4. The summed E-state index contributed by atoms with van der Waals surface area (Å²) < 4.78 is 5.45. The highest BCUT2D eigenvalue weighted by atomic mass is 16.5. The summed E-state index contributed by atoms with van der Waals surface area (Å²) in [4.78, 5) is 7.36. The van der Waals surface area contributed by atoms with Gasteiger partial charge in [0, 0.05) is 17.8 Å². The lowest BCUT2D eigenvalue weighted by atomic mass is 9.81. The van der Waals surface area contributed by atoms with E-state index in [1.54, 1.807) is 13.4 Å². The van der Waals surface area contributed by atoms with Crippen molar-refractivity contribution in [2.45, 2.75) is 25.2 Å². The van der Waals surface area contributed by atoms with E-state index in [4.69, 9.17) is 4.74 Å². The maximum absolute atomic E-state index is 5.45. The van der Waals surface area contributed by atoms with Crippen LogP contribution in [0, 0.1) is 0 Å². The van der Waals surface area contributed by atoms with E-state index >= 15 is 0 Å². The molecule has 1 aliphatic carbocycles. The maximum Gasteiger partial charge on any atom is 0.122 e. The molecule has 0 saturated heterocycles. The third kappa shape index (κ3) is 1.71. The van der Waals surface area contributed by atoms with Crippen LogP contribution in [0.5, 0.6) is 5.75 Å². The number of methoxy groups -OCH3 is 1. The summed E-state index contributed by atoms with van der Waals surface area (Å²) in [7, 11) is 1.75. The normalized spacial score (nSPS) is 18.8. The molecule has 88 valence electrons. The number of fused-ring (bicyclic) bond motifs is 1. The van der Waals surface area contributed by atoms with Crippen LogP contribution in [0.15, 0.2) is 30.7 Å².